The number of carbonyl (C=O) groups excluding carboxylic acids is 2. The van der Waals surface area contributed by atoms with Gasteiger partial charge in [0.1, 0.15) is 6.61 Å². The minimum atomic E-state index is -0.430. The van der Waals surface area contributed by atoms with E-state index in [1.807, 2.05) is 30.3 Å². The van der Waals surface area contributed by atoms with Crippen molar-refractivity contribution >= 4 is 17.8 Å². The predicted molar refractivity (Wildman–Crippen MR) is 88.4 cm³/mol. The Morgan fingerprint density at radius 3 is 2.22 bits per heavy atom. The molecule has 0 heterocycles. The molecule has 0 unspecified atom stereocenters. The molecular formula is C19H18O4. The highest BCUT2D eigenvalue weighted by molar-refractivity contribution is 6.07. The van der Waals surface area contributed by atoms with Crippen molar-refractivity contribution in [3.05, 3.63) is 77.4 Å². The first-order valence-corrected chi connectivity index (χ1v) is 7.24. The van der Waals surface area contributed by atoms with E-state index in [0.717, 1.165) is 5.56 Å². The van der Waals surface area contributed by atoms with Crippen LogP contribution in [0.5, 0.6) is 0 Å². The summed E-state index contributed by atoms with van der Waals surface area (Å²) < 4.78 is 9.82. The van der Waals surface area contributed by atoms with Crippen LogP contribution in [0.4, 0.5) is 0 Å². The number of hydrogen-bond acceptors (Lipinski definition) is 4. The molecule has 0 saturated carbocycles. The van der Waals surface area contributed by atoms with Crippen molar-refractivity contribution in [3.63, 3.8) is 0 Å². The van der Waals surface area contributed by atoms with Crippen LogP contribution >= 0.6 is 0 Å². The highest BCUT2D eigenvalue weighted by Gasteiger charge is 2.08. The van der Waals surface area contributed by atoms with Gasteiger partial charge >= 0.3 is 5.97 Å². The summed E-state index contributed by atoms with van der Waals surface area (Å²) in [6.45, 7) is 0.558. The zero-order valence-electron chi connectivity index (χ0n) is 12.9. The Bertz CT molecular complexity index is 672. The van der Waals surface area contributed by atoms with Crippen molar-refractivity contribution in [1.29, 1.82) is 0 Å². The lowest BCUT2D eigenvalue weighted by Gasteiger charge is -2.04. The predicted octanol–water partition coefficient (Wildman–Crippen LogP) is 3.39. The maximum Gasteiger partial charge on any atom is 0.338 e. The van der Waals surface area contributed by atoms with Gasteiger partial charge in [0, 0.05) is 12.7 Å². The average Bonchev–Trinajstić information content (AvgIpc) is 2.61. The fraction of sp³-hybridized carbons (Fsp3) is 0.158. The van der Waals surface area contributed by atoms with Crippen LogP contribution in [0.1, 0.15) is 26.3 Å². The molecule has 0 aliphatic rings. The Hall–Kier alpha value is -2.72. The van der Waals surface area contributed by atoms with Gasteiger partial charge in [0.15, 0.2) is 5.78 Å². The van der Waals surface area contributed by atoms with E-state index < -0.39 is 5.97 Å². The van der Waals surface area contributed by atoms with Crippen molar-refractivity contribution < 1.29 is 19.1 Å². The van der Waals surface area contributed by atoms with E-state index in [1.165, 1.54) is 13.2 Å². The topological polar surface area (TPSA) is 52.6 Å². The van der Waals surface area contributed by atoms with Crippen LogP contribution in [0.3, 0.4) is 0 Å². The van der Waals surface area contributed by atoms with Crippen molar-refractivity contribution in [2.75, 3.05) is 20.3 Å². The monoisotopic (exact) mass is 310 g/mol. The second-order valence-electron chi connectivity index (χ2n) is 4.81. The molecule has 0 amide bonds. The van der Waals surface area contributed by atoms with Gasteiger partial charge in [-0.25, -0.2) is 4.79 Å². The van der Waals surface area contributed by atoms with Gasteiger partial charge in [-0.3, -0.25) is 4.79 Å². The summed E-state index contributed by atoms with van der Waals surface area (Å²) in [6.07, 6.45) is 3.27. The highest BCUT2D eigenvalue weighted by atomic mass is 16.6. The van der Waals surface area contributed by atoms with Crippen LogP contribution in [0.2, 0.25) is 0 Å². The van der Waals surface area contributed by atoms with Gasteiger partial charge in [-0.1, -0.05) is 48.5 Å². The zero-order chi connectivity index (χ0) is 16.5. The summed E-state index contributed by atoms with van der Waals surface area (Å²) in [7, 11) is 1.54. The molecule has 0 atom stereocenters. The Kier molecular flexibility index (Phi) is 6.27. The van der Waals surface area contributed by atoms with Crippen LogP contribution in [0.15, 0.2) is 60.7 Å². The lowest BCUT2D eigenvalue weighted by Crippen LogP contribution is -2.10. The van der Waals surface area contributed by atoms with Crippen molar-refractivity contribution in [2.24, 2.45) is 0 Å². The second kappa shape index (κ2) is 8.66. The number of carbonyl (C=O) groups is 2. The average molecular weight is 310 g/mol. The van der Waals surface area contributed by atoms with E-state index in [-0.39, 0.29) is 12.4 Å². The lowest BCUT2D eigenvalue weighted by molar-refractivity contribution is 0.0388. The number of ketones is 1. The smallest absolute Gasteiger partial charge is 0.338 e. The fourth-order valence-electron chi connectivity index (χ4n) is 1.90. The number of allylic oxidation sites excluding steroid dienone is 1. The van der Waals surface area contributed by atoms with Crippen LogP contribution < -0.4 is 0 Å². The molecule has 4 nitrogen and oxygen atoms in total. The molecular weight excluding hydrogens is 292 g/mol. The van der Waals surface area contributed by atoms with Gasteiger partial charge in [0.05, 0.1) is 12.2 Å². The summed E-state index contributed by atoms with van der Waals surface area (Å²) in [4.78, 5) is 23.8. The Morgan fingerprint density at radius 1 is 0.913 bits per heavy atom. The zero-order valence-corrected chi connectivity index (χ0v) is 12.9. The molecule has 23 heavy (non-hydrogen) atoms. The summed E-state index contributed by atoms with van der Waals surface area (Å²) in [5.74, 6) is -0.547. The van der Waals surface area contributed by atoms with Crippen molar-refractivity contribution in [1.82, 2.24) is 0 Å². The first kappa shape index (κ1) is 16.6. The normalized spacial score (nSPS) is 10.7. The van der Waals surface area contributed by atoms with E-state index in [4.69, 9.17) is 9.47 Å². The minimum Gasteiger partial charge on any atom is -0.460 e. The van der Waals surface area contributed by atoms with Gasteiger partial charge in [-0.05, 0) is 23.8 Å². The molecule has 0 N–H and O–H groups in total. The van der Waals surface area contributed by atoms with Crippen LogP contribution in [0, 0.1) is 0 Å². The summed E-state index contributed by atoms with van der Waals surface area (Å²) in [6, 6.07) is 16.0. The number of esters is 1. The van der Waals surface area contributed by atoms with Gasteiger partial charge in [-0.2, -0.15) is 0 Å². The molecule has 0 aliphatic heterocycles. The molecule has 0 fully saturated rings. The van der Waals surface area contributed by atoms with E-state index in [9.17, 15) is 9.59 Å². The Morgan fingerprint density at radius 2 is 1.57 bits per heavy atom. The molecule has 4 heteroatoms. The van der Waals surface area contributed by atoms with Gasteiger partial charge in [-0.15, -0.1) is 0 Å². The number of methoxy groups -OCH3 is 1. The number of ether oxygens (including phenoxy) is 2. The summed E-state index contributed by atoms with van der Waals surface area (Å²) in [5, 5.41) is 0. The molecule has 0 aliphatic carbocycles. The van der Waals surface area contributed by atoms with Gasteiger partial charge in [0.2, 0.25) is 0 Å². The van der Waals surface area contributed by atoms with Crippen LogP contribution in [0.25, 0.3) is 6.08 Å². The van der Waals surface area contributed by atoms with Crippen molar-refractivity contribution in [2.45, 2.75) is 0 Å². The third-order valence-corrected chi connectivity index (χ3v) is 3.15. The summed E-state index contributed by atoms with van der Waals surface area (Å²) >= 11 is 0. The third-order valence-electron chi connectivity index (χ3n) is 3.15. The largest absolute Gasteiger partial charge is 0.460 e. The van der Waals surface area contributed by atoms with E-state index in [2.05, 4.69) is 0 Å². The van der Waals surface area contributed by atoms with E-state index >= 15 is 0 Å². The van der Waals surface area contributed by atoms with Gasteiger partial charge in [0.25, 0.3) is 0 Å². The number of hydrogen-bond donors (Lipinski definition) is 0. The summed E-state index contributed by atoms with van der Waals surface area (Å²) in [5.41, 5.74) is 1.88. The molecule has 0 radical (unpaired) electrons. The van der Waals surface area contributed by atoms with E-state index in [0.29, 0.717) is 17.7 Å². The molecule has 118 valence electrons. The fourth-order valence-corrected chi connectivity index (χ4v) is 1.90. The molecule has 2 aromatic rings. The number of rotatable bonds is 7. The maximum absolute atomic E-state index is 12.1. The first-order valence-electron chi connectivity index (χ1n) is 7.24. The molecule has 2 rings (SSSR count). The molecule has 2 aromatic carbocycles. The van der Waals surface area contributed by atoms with Crippen LogP contribution in [-0.4, -0.2) is 32.1 Å². The molecule has 0 bridgehead atoms. The Balaban J connectivity index is 1.97. The lowest BCUT2D eigenvalue weighted by atomic mass is 10.1. The standard InChI is InChI=1S/C19H18O4/c1-22-13-14-23-19(21)17-10-8-16(9-11-17)18(20)12-7-15-5-3-2-4-6-15/h2-12H,13-14H2,1H3. The highest BCUT2D eigenvalue weighted by Crippen LogP contribution is 2.09. The minimum absolute atomic E-state index is 0.117. The molecule has 0 aromatic heterocycles. The third kappa shape index (κ3) is 5.20. The second-order valence-corrected chi connectivity index (χ2v) is 4.81. The van der Waals surface area contributed by atoms with Crippen molar-refractivity contribution in [3.8, 4) is 0 Å². The van der Waals surface area contributed by atoms with Gasteiger partial charge < -0.3 is 9.47 Å². The Labute approximate surface area is 135 Å². The number of benzene rings is 2. The van der Waals surface area contributed by atoms with Crippen LogP contribution in [-0.2, 0) is 9.47 Å². The molecule has 0 saturated heterocycles. The molecule has 0 spiro atoms. The maximum atomic E-state index is 12.1. The van der Waals surface area contributed by atoms with E-state index in [1.54, 1.807) is 30.3 Å². The quantitative estimate of drug-likeness (QED) is 0.340. The first-order chi connectivity index (χ1) is 11.2. The SMILES string of the molecule is COCCOC(=O)c1ccc(C(=O)C=Cc2ccccc2)cc1.